The standard InChI is InChI=1S/C19H27N5O2/c1-11-14(10-13-16(19(3)6-7-19)22-23-17(13)25)21-12(2)15(11)18(26)20-8-9-24(4)5/h10,21H,6-9H2,1-5H3,(H,20,26)(H,23,25). The summed E-state index contributed by atoms with van der Waals surface area (Å²) in [6.07, 6.45) is 3.91. The highest BCUT2D eigenvalue weighted by molar-refractivity contribution is 6.29. The summed E-state index contributed by atoms with van der Waals surface area (Å²) in [4.78, 5) is 30.0. The molecule has 0 atom stereocenters. The molecule has 7 nitrogen and oxygen atoms in total. The number of hydrogen-bond donors (Lipinski definition) is 3. The van der Waals surface area contributed by atoms with E-state index in [1.807, 2.05) is 38.9 Å². The van der Waals surface area contributed by atoms with Gasteiger partial charge in [0.25, 0.3) is 11.8 Å². The minimum Gasteiger partial charge on any atom is -0.358 e. The van der Waals surface area contributed by atoms with Crippen molar-refractivity contribution >= 4 is 23.6 Å². The van der Waals surface area contributed by atoms with E-state index in [1.165, 1.54) is 0 Å². The summed E-state index contributed by atoms with van der Waals surface area (Å²) in [6, 6.07) is 0. The quantitative estimate of drug-likeness (QED) is 0.676. The largest absolute Gasteiger partial charge is 0.358 e. The summed E-state index contributed by atoms with van der Waals surface area (Å²) >= 11 is 0. The lowest BCUT2D eigenvalue weighted by Gasteiger charge is -2.10. The van der Waals surface area contributed by atoms with Crippen LogP contribution in [-0.4, -0.2) is 54.6 Å². The van der Waals surface area contributed by atoms with Crippen molar-refractivity contribution in [3.8, 4) is 0 Å². The van der Waals surface area contributed by atoms with E-state index in [2.05, 4.69) is 27.8 Å². The predicted molar refractivity (Wildman–Crippen MR) is 102 cm³/mol. The Morgan fingerprint density at radius 3 is 2.65 bits per heavy atom. The minimum atomic E-state index is -0.184. The van der Waals surface area contributed by atoms with Gasteiger partial charge in [-0.3, -0.25) is 9.59 Å². The lowest BCUT2D eigenvalue weighted by atomic mass is 9.94. The van der Waals surface area contributed by atoms with Crippen LogP contribution in [0.2, 0.25) is 0 Å². The van der Waals surface area contributed by atoms with Crippen molar-refractivity contribution in [3.05, 3.63) is 28.1 Å². The highest BCUT2D eigenvalue weighted by Crippen LogP contribution is 2.49. The number of carbonyl (C=O) groups is 2. The van der Waals surface area contributed by atoms with Crippen LogP contribution in [0.1, 0.15) is 47.1 Å². The normalized spacial score (nSPS) is 19.7. The zero-order valence-corrected chi connectivity index (χ0v) is 16.1. The van der Waals surface area contributed by atoms with Gasteiger partial charge < -0.3 is 15.2 Å². The number of nitrogens with zero attached hydrogens (tertiary/aromatic N) is 2. The van der Waals surface area contributed by atoms with Gasteiger partial charge in [-0.15, -0.1) is 0 Å². The molecule has 0 unspecified atom stereocenters. The van der Waals surface area contributed by atoms with Crippen LogP contribution in [0.3, 0.4) is 0 Å². The van der Waals surface area contributed by atoms with Crippen LogP contribution in [0.5, 0.6) is 0 Å². The first-order chi connectivity index (χ1) is 12.2. The van der Waals surface area contributed by atoms with Crippen molar-refractivity contribution in [1.82, 2.24) is 20.6 Å². The Bertz CT molecular complexity index is 812. The number of aryl methyl sites for hydroxylation is 1. The fraction of sp³-hybridized carbons (Fsp3) is 0.526. The number of nitrogens with one attached hydrogen (secondary N) is 3. The van der Waals surface area contributed by atoms with Crippen LogP contribution >= 0.6 is 0 Å². The van der Waals surface area contributed by atoms with Gasteiger partial charge in [0, 0.05) is 29.9 Å². The van der Waals surface area contributed by atoms with Gasteiger partial charge in [-0.25, -0.2) is 5.43 Å². The van der Waals surface area contributed by atoms with Gasteiger partial charge in [-0.05, 0) is 52.4 Å². The van der Waals surface area contributed by atoms with Gasteiger partial charge in [-0.2, -0.15) is 5.10 Å². The molecule has 1 fully saturated rings. The first kappa shape index (κ1) is 18.4. The van der Waals surface area contributed by atoms with Crippen LogP contribution in [-0.2, 0) is 4.79 Å². The van der Waals surface area contributed by atoms with E-state index in [4.69, 9.17) is 0 Å². The number of hydrazone groups is 1. The zero-order valence-electron chi connectivity index (χ0n) is 16.1. The van der Waals surface area contributed by atoms with E-state index < -0.39 is 0 Å². The molecule has 2 amide bonds. The number of aromatic amines is 1. The van der Waals surface area contributed by atoms with Gasteiger partial charge in [-0.1, -0.05) is 6.92 Å². The molecule has 3 N–H and O–H groups in total. The molecule has 0 radical (unpaired) electrons. The molecule has 140 valence electrons. The number of aromatic nitrogens is 1. The summed E-state index contributed by atoms with van der Waals surface area (Å²) in [5.74, 6) is -0.279. The second-order valence-electron chi connectivity index (χ2n) is 7.74. The van der Waals surface area contributed by atoms with E-state index in [1.54, 1.807) is 0 Å². The molecule has 1 aliphatic carbocycles. The molecule has 1 aromatic heterocycles. The van der Waals surface area contributed by atoms with Crippen molar-refractivity contribution in [2.45, 2.75) is 33.6 Å². The van der Waals surface area contributed by atoms with Crippen LogP contribution in [0.4, 0.5) is 0 Å². The fourth-order valence-electron chi connectivity index (χ4n) is 3.24. The minimum absolute atomic E-state index is 0.00702. The highest BCUT2D eigenvalue weighted by Gasteiger charge is 2.47. The monoisotopic (exact) mass is 357 g/mol. The topological polar surface area (TPSA) is 89.6 Å². The van der Waals surface area contributed by atoms with Crippen LogP contribution in [0, 0.1) is 19.3 Å². The van der Waals surface area contributed by atoms with Crippen LogP contribution in [0.25, 0.3) is 6.08 Å². The number of H-pyrrole nitrogens is 1. The molecule has 1 saturated carbocycles. The fourth-order valence-corrected chi connectivity index (χ4v) is 3.24. The van der Waals surface area contributed by atoms with Crippen molar-refractivity contribution in [2.24, 2.45) is 10.5 Å². The highest BCUT2D eigenvalue weighted by atomic mass is 16.2. The maximum Gasteiger partial charge on any atom is 0.273 e. The third kappa shape index (κ3) is 3.44. The molecular weight excluding hydrogens is 330 g/mol. The predicted octanol–water partition coefficient (Wildman–Crippen LogP) is 1.59. The van der Waals surface area contributed by atoms with Gasteiger partial charge in [0.05, 0.1) is 16.8 Å². The SMILES string of the molecule is Cc1[nH]c(C=C2C(=O)NN=C2C2(C)CC2)c(C)c1C(=O)NCCN(C)C. The number of hydrogen-bond acceptors (Lipinski definition) is 4. The van der Waals surface area contributed by atoms with Crippen molar-refractivity contribution in [1.29, 1.82) is 0 Å². The summed E-state index contributed by atoms with van der Waals surface area (Å²) in [5.41, 5.74) is 7.05. The number of rotatable bonds is 6. The molecule has 2 aliphatic rings. The van der Waals surface area contributed by atoms with E-state index in [9.17, 15) is 9.59 Å². The summed E-state index contributed by atoms with van der Waals surface area (Å²) in [5, 5.41) is 7.18. The summed E-state index contributed by atoms with van der Waals surface area (Å²) in [6.45, 7) is 7.27. The van der Waals surface area contributed by atoms with Crippen LogP contribution < -0.4 is 10.7 Å². The molecular formula is C19H27N5O2. The lowest BCUT2D eigenvalue weighted by Crippen LogP contribution is -2.31. The van der Waals surface area contributed by atoms with Crippen molar-refractivity contribution in [2.75, 3.05) is 27.2 Å². The second-order valence-corrected chi connectivity index (χ2v) is 7.74. The van der Waals surface area contributed by atoms with Gasteiger partial charge >= 0.3 is 0 Å². The second kappa shape index (κ2) is 6.72. The molecule has 1 aromatic rings. The average Bonchev–Trinajstić information content (AvgIpc) is 3.09. The number of likely N-dealkylation sites (N-methyl/N-ethyl adjacent to an activating group) is 1. The molecule has 7 heteroatoms. The van der Waals surface area contributed by atoms with E-state index in [0.717, 1.165) is 42.0 Å². The van der Waals surface area contributed by atoms with E-state index in [0.29, 0.717) is 17.7 Å². The summed E-state index contributed by atoms with van der Waals surface area (Å²) < 4.78 is 0. The Hall–Kier alpha value is -2.41. The lowest BCUT2D eigenvalue weighted by molar-refractivity contribution is -0.116. The number of carbonyl (C=O) groups excluding carboxylic acids is 2. The Labute approximate surface area is 153 Å². The maximum absolute atomic E-state index is 12.5. The summed E-state index contributed by atoms with van der Waals surface area (Å²) in [7, 11) is 3.94. The molecule has 3 rings (SSSR count). The zero-order chi connectivity index (χ0) is 19.1. The number of amides is 2. The Balaban J connectivity index is 1.85. The van der Waals surface area contributed by atoms with Crippen molar-refractivity contribution in [3.63, 3.8) is 0 Å². The first-order valence-electron chi connectivity index (χ1n) is 8.95. The molecule has 0 bridgehead atoms. The van der Waals surface area contributed by atoms with E-state index in [-0.39, 0.29) is 17.2 Å². The molecule has 2 heterocycles. The average molecular weight is 357 g/mol. The van der Waals surface area contributed by atoms with E-state index >= 15 is 0 Å². The Kier molecular flexibility index (Phi) is 4.75. The maximum atomic E-state index is 12.5. The Morgan fingerprint density at radius 2 is 2.04 bits per heavy atom. The third-order valence-corrected chi connectivity index (χ3v) is 5.18. The molecule has 0 spiro atoms. The first-order valence-corrected chi connectivity index (χ1v) is 8.95. The molecule has 0 aromatic carbocycles. The van der Waals surface area contributed by atoms with Gasteiger partial charge in [0.15, 0.2) is 0 Å². The third-order valence-electron chi connectivity index (χ3n) is 5.18. The van der Waals surface area contributed by atoms with Crippen molar-refractivity contribution < 1.29 is 9.59 Å². The van der Waals surface area contributed by atoms with Crippen LogP contribution in [0.15, 0.2) is 10.7 Å². The molecule has 0 saturated heterocycles. The Morgan fingerprint density at radius 1 is 1.35 bits per heavy atom. The smallest absolute Gasteiger partial charge is 0.273 e. The molecule has 26 heavy (non-hydrogen) atoms. The molecule has 1 aliphatic heterocycles. The van der Waals surface area contributed by atoms with Gasteiger partial charge in [0.2, 0.25) is 0 Å². The van der Waals surface area contributed by atoms with Gasteiger partial charge in [0.1, 0.15) is 0 Å².